The third kappa shape index (κ3) is 7.32. The molecule has 1 heterocycles. The molecule has 0 unspecified atom stereocenters. The van der Waals surface area contributed by atoms with Crippen LogP contribution in [0.4, 0.5) is 5.69 Å². The molecule has 0 bridgehead atoms. The number of anilines is 1. The number of halogens is 2. The molecule has 10 heteroatoms. The zero-order valence-corrected chi connectivity index (χ0v) is 23.3. The fraction of sp³-hybridized carbons (Fsp3) is 0.360. The van der Waals surface area contributed by atoms with E-state index in [4.69, 9.17) is 11.6 Å². The molecule has 0 aliphatic rings. The summed E-state index contributed by atoms with van der Waals surface area (Å²) in [5.41, 5.74) is 2.17. The summed E-state index contributed by atoms with van der Waals surface area (Å²) >= 11 is 11.0. The summed E-state index contributed by atoms with van der Waals surface area (Å²) in [5.74, 6) is 0.774. The van der Waals surface area contributed by atoms with Crippen LogP contribution < -0.4 is 10.6 Å². The molecule has 1 aromatic heterocycles. The Morgan fingerprint density at radius 3 is 2.57 bits per heavy atom. The normalized spacial score (nSPS) is 12.0. The Balaban J connectivity index is 1.74. The van der Waals surface area contributed by atoms with Crippen molar-refractivity contribution in [1.82, 2.24) is 20.1 Å². The molecule has 2 N–H and O–H groups in total. The van der Waals surface area contributed by atoms with Crippen molar-refractivity contribution in [3.8, 4) is 0 Å². The number of aryl methyl sites for hydroxylation is 1. The second kappa shape index (κ2) is 12.6. The van der Waals surface area contributed by atoms with Crippen LogP contribution in [-0.4, -0.2) is 32.3 Å². The predicted molar refractivity (Wildman–Crippen MR) is 145 cm³/mol. The summed E-state index contributed by atoms with van der Waals surface area (Å²) in [7, 11) is 0. The van der Waals surface area contributed by atoms with Gasteiger partial charge in [-0.15, -0.1) is 10.2 Å². The number of hydrogen-bond donors (Lipinski definition) is 2. The largest absolute Gasteiger partial charge is 0.342 e. The smallest absolute Gasteiger partial charge is 0.253 e. The number of hydrogen-bond acceptors (Lipinski definition) is 5. The predicted octanol–water partition coefficient (Wildman–Crippen LogP) is 6.27. The van der Waals surface area contributed by atoms with Crippen molar-refractivity contribution in [3.05, 3.63) is 68.9 Å². The summed E-state index contributed by atoms with van der Waals surface area (Å²) in [4.78, 5) is 25.5. The van der Waals surface area contributed by atoms with Crippen LogP contribution in [0.5, 0.6) is 0 Å². The van der Waals surface area contributed by atoms with Crippen molar-refractivity contribution >= 4 is 56.8 Å². The van der Waals surface area contributed by atoms with Crippen LogP contribution >= 0.6 is 39.3 Å². The maximum absolute atomic E-state index is 13.0. The number of amides is 2. The van der Waals surface area contributed by atoms with Crippen molar-refractivity contribution < 1.29 is 9.59 Å². The standard InChI is InChI=1S/C25H29BrClN5O2S/c1-5-32-23(21(12-15(2)3)29-24(34)18-8-6-7-9-19(18)27)30-31-25(32)35-14-22(33)28-20-11-10-17(26)13-16(20)4/h6-11,13,15,21H,5,12,14H2,1-4H3,(H,28,33)(H,29,34)/t21-/m0/s1. The third-order valence-electron chi connectivity index (χ3n) is 5.30. The Hall–Kier alpha value is -2.36. The van der Waals surface area contributed by atoms with Crippen molar-refractivity contribution in [1.29, 1.82) is 0 Å². The third-order valence-corrected chi connectivity index (χ3v) is 7.09. The molecule has 186 valence electrons. The van der Waals surface area contributed by atoms with Gasteiger partial charge in [0.05, 0.1) is 22.4 Å². The molecule has 7 nitrogen and oxygen atoms in total. The summed E-state index contributed by atoms with van der Waals surface area (Å²) in [6.45, 7) is 8.72. The Kier molecular flexibility index (Phi) is 9.77. The lowest BCUT2D eigenvalue weighted by Gasteiger charge is -2.21. The summed E-state index contributed by atoms with van der Waals surface area (Å²) < 4.78 is 2.91. The van der Waals surface area contributed by atoms with Crippen molar-refractivity contribution in [3.63, 3.8) is 0 Å². The van der Waals surface area contributed by atoms with E-state index in [0.29, 0.717) is 40.5 Å². The van der Waals surface area contributed by atoms with E-state index < -0.39 is 0 Å². The fourth-order valence-electron chi connectivity index (χ4n) is 3.63. The number of aromatic nitrogens is 3. The highest BCUT2D eigenvalue weighted by atomic mass is 79.9. The highest BCUT2D eigenvalue weighted by Gasteiger charge is 2.25. The molecular formula is C25H29BrClN5O2S. The van der Waals surface area contributed by atoms with Gasteiger partial charge in [-0.3, -0.25) is 9.59 Å². The molecule has 0 spiro atoms. The number of nitrogens with zero attached hydrogens (tertiary/aromatic N) is 3. The van der Waals surface area contributed by atoms with Crippen LogP contribution in [0, 0.1) is 12.8 Å². The Bertz CT molecular complexity index is 1200. The lowest BCUT2D eigenvalue weighted by Crippen LogP contribution is -2.31. The Morgan fingerprint density at radius 1 is 1.17 bits per heavy atom. The minimum absolute atomic E-state index is 0.127. The molecule has 0 aliphatic heterocycles. The van der Waals surface area contributed by atoms with Gasteiger partial charge in [-0.25, -0.2) is 0 Å². The molecule has 3 rings (SSSR count). The zero-order chi connectivity index (χ0) is 25.5. The van der Waals surface area contributed by atoms with Gasteiger partial charge >= 0.3 is 0 Å². The van der Waals surface area contributed by atoms with Gasteiger partial charge in [0, 0.05) is 16.7 Å². The topological polar surface area (TPSA) is 88.9 Å². The van der Waals surface area contributed by atoms with Gasteiger partial charge in [0.25, 0.3) is 5.91 Å². The van der Waals surface area contributed by atoms with Crippen LogP contribution in [0.3, 0.4) is 0 Å². The van der Waals surface area contributed by atoms with Gasteiger partial charge in [0.1, 0.15) is 0 Å². The minimum atomic E-state index is -0.347. The first-order chi connectivity index (χ1) is 16.7. The molecule has 0 fully saturated rings. The molecule has 0 aliphatic carbocycles. The Morgan fingerprint density at radius 2 is 1.91 bits per heavy atom. The van der Waals surface area contributed by atoms with Gasteiger partial charge in [-0.2, -0.15) is 0 Å². The first kappa shape index (κ1) is 27.2. The number of benzene rings is 2. The van der Waals surface area contributed by atoms with Crippen LogP contribution in [0.25, 0.3) is 0 Å². The SMILES string of the molecule is CCn1c(SCC(=O)Nc2ccc(Br)cc2C)nnc1[C@H](CC(C)C)NC(=O)c1ccccc1Cl. The van der Waals surface area contributed by atoms with E-state index in [0.717, 1.165) is 15.7 Å². The number of rotatable bonds is 10. The van der Waals surface area contributed by atoms with Gasteiger partial charge in [-0.05, 0) is 62.1 Å². The maximum Gasteiger partial charge on any atom is 0.253 e. The van der Waals surface area contributed by atoms with E-state index in [1.807, 2.05) is 36.6 Å². The van der Waals surface area contributed by atoms with Gasteiger partial charge in [-0.1, -0.05) is 65.3 Å². The number of carbonyl (C=O) groups is 2. The van der Waals surface area contributed by atoms with E-state index in [1.165, 1.54) is 11.8 Å². The number of nitrogens with one attached hydrogen (secondary N) is 2. The van der Waals surface area contributed by atoms with Crippen molar-refractivity contribution in [2.24, 2.45) is 5.92 Å². The molecular weight excluding hydrogens is 550 g/mol. The second-order valence-corrected chi connectivity index (χ2v) is 10.8. The monoisotopic (exact) mass is 577 g/mol. The summed E-state index contributed by atoms with van der Waals surface area (Å²) in [6.07, 6.45) is 0.683. The van der Waals surface area contributed by atoms with E-state index in [-0.39, 0.29) is 23.6 Å². The highest BCUT2D eigenvalue weighted by molar-refractivity contribution is 9.10. The average Bonchev–Trinajstić information content (AvgIpc) is 3.22. The first-order valence-corrected chi connectivity index (χ1v) is 13.5. The van der Waals surface area contributed by atoms with E-state index >= 15 is 0 Å². The fourth-order valence-corrected chi connectivity index (χ4v) is 5.13. The molecule has 1 atom stereocenters. The Labute approximate surface area is 223 Å². The minimum Gasteiger partial charge on any atom is -0.342 e. The van der Waals surface area contributed by atoms with Gasteiger partial charge in [0.15, 0.2) is 11.0 Å². The summed E-state index contributed by atoms with van der Waals surface area (Å²) in [5, 5.41) is 15.8. The molecule has 35 heavy (non-hydrogen) atoms. The molecule has 0 saturated heterocycles. The zero-order valence-electron chi connectivity index (χ0n) is 20.1. The van der Waals surface area contributed by atoms with E-state index in [2.05, 4.69) is 50.6 Å². The molecule has 2 aromatic carbocycles. The molecule has 2 amide bonds. The van der Waals surface area contributed by atoms with Crippen LogP contribution in [0.1, 0.15) is 55.0 Å². The average molecular weight is 579 g/mol. The van der Waals surface area contributed by atoms with E-state index in [1.54, 1.807) is 24.3 Å². The van der Waals surface area contributed by atoms with Crippen molar-refractivity contribution in [2.45, 2.75) is 51.9 Å². The lowest BCUT2D eigenvalue weighted by atomic mass is 10.0. The molecule has 0 saturated carbocycles. The number of carbonyl (C=O) groups excluding carboxylic acids is 2. The molecule has 3 aromatic rings. The van der Waals surface area contributed by atoms with Crippen molar-refractivity contribution in [2.75, 3.05) is 11.1 Å². The quantitative estimate of drug-likeness (QED) is 0.277. The van der Waals surface area contributed by atoms with Crippen LogP contribution in [0.15, 0.2) is 52.1 Å². The summed E-state index contributed by atoms with van der Waals surface area (Å²) in [6, 6.07) is 12.3. The van der Waals surface area contributed by atoms with E-state index in [9.17, 15) is 9.59 Å². The second-order valence-electron chi connectivity index (χ2n) is 8.52. The first-order valence-electron chi connectivity index (χ1n) is 11.4. The lowest BCUT2D eigenvalue weighted by molar-refractivity contribution is -0.113. The van der Waals surface area contributed by atoms with Gasteiger partial charge < -0.3 is 15.2 Å². The maximum atomic E-state index is 13.0. The van der Waals surface area contributed by atoms with Crippen LogP contribution in [0.2, 0.25) is 5.02 Å². The van der Waals surface area contributed by atoms with Crippen LogP contribution in [-0.2, 0) is 11.3 Å². The van der Waals surface area contributed by atoms with Gasteiger partial charge in [0.2, 0.25) is 5.91 Å². The molecule has 0 radical (unpaired) electrons. The highest BCUT2D eigenvalue weighted by Crippen LogP contribution is 2.26. The number of thioether (sulfide) groups is 1.